The lowest BCUT2D eigenvalue weighted by Gasteiger charge is -2.01. The van der Waals surface area contributed by atoms with E-state index < -0.39 is 5.97 Å². The number of benzene rings is 1. The van der Waals surface area contributed by atoms with Crippen molar-refractivity contribution >= 4 is 28.7 Å². The van der Waals surface area contributed by atoms with E-state index in [1.807, 2.05) is 29.5 Å². The maximum atomic E-state index is 11.1. The molecule has 0 fully saturated rings. The Morgan fingerprint density at radius 2 is 2.08 bits per heavy atom. The second-order valence-electron chi connectivity index (χ2n) is 5.95. The molecule has 0 aliphatic rings. The molecule has 0 spiro atoms. The van der Waals surface area contributed by atoms with Crippen LogP contribution in [0.5, 0.6) is 0 Å². The van der Waals surface area contributed by atoms with E-state index in [0.29, 0.717) is 11.2 Å². The van der Waals surface area contributed by atoms with Crippen LogP contribution < -0.4 is 5.73 Å². The van der Waals surface area contributed by atoms with Gasteiger partial charge in [-0.15, -0.1) is 0 Å². The summed E-state index contributed by atoms with van der Waals surface area (Å²) < 4.78 is 7.26. The molecule has 1 aromatic carbocycles. The first-order valence-corrected chi connectivity index (χ1v) is 7.87. The number of carboxylic acid groups (broad SMARTS) is 1. The molecule has 0 radical (unpaired) electrons. The van der Waals surface area contributed by atoms with Crippen LogP contribution in [0.4, 0.5) is 6.01 Å². The van der Waals surface area contributed by atoms with E-state index >= 15 is 0 Å². The van der Waals surface area contributed by atoms with Crippen molar-refractivity contribution in [3.05, 3.63) is 59.0 Å². The highest BCUT2D eigenvalue weighted by molar-refractivity contribution is 5.88. The first-order valence-electron chi connectivity index (χ1n) is 7.87. The second kappa shape index (κ2) is 5.62. The van der Waals surface area contributed by atoms with Crippen LogP contribution in [0.3, 0.4) is 0 Å². The smallest absolute Gasteiger partial charge is 0.335 e. The van der Waals surface area contributed by atoms with Gasteiger partial charge in [0.15, 0.2) is 5.58 Å². The van der Waals surface area contributed by atoms with Gasteiger partial charge in [-0.3, -0.25) is 0 Å². The molecule has 0 amide bonds. The molecule has 25 heavy (non-hydrogen) atoms. The van der Waals surface area contributed by atoms with Gasteiger partial charge in [0.2, 0.25) is 0 Å². The van der Waals surface area contributed by atoms with Crippen molar-refractivity contribution in [1.29, 1.82) is 0 Å². The van der Waals surface area contributed by atoms with E-state index in [1.54, 1.807) is 18.3 Å². The van der Waals surface area contributed by atoms with Gasteiger partial charge in [-0.05, 0) is 49.6 Å². The number of imidazole rings is 1. The average Bonchev–Trinajstić information content (AvgIpc) is 3.11. The molecule has 126 valence electrons. The lowest BCUT2D eigenvalue weighted by atomic mass is 10.1. The number of carboxylic acids is 1. The fourth-order valence-corrected chi connectivity index (χ4v) is 2.99. The molecule has 3 N–H and O–H groups in total. The van der Waals surface area contributed by atoms with Gasteiger partial charge >= 0.3 is 5.97 Å². The van der Waals surface area contributed by atoms with Crippen LogP contribution in [0.15, 0.2) is 40.9 Å². The summed E-state index contributed by atoms with van der Waals surface area (Å²) in [5.74, 6) is -0.954. The Labute approximate surface area is 142 Å². The van der Waals surface area contributed by atoms with Crippen LogP contribution in [-0.4, -0.2) is 25.4 Å². The SMILES string of the molecule is Cc1c(CCc2ccc3nc(N)oc3c2)nc2cc(C(=O)O)ccn12. The fourth-order valence-electron chi connectivity index (χ4n) is 2.99. The molecule has 4 aromatic rings. The maximum absolute atomic E-state index is 11.1. The minimum absolute atomic E-state index is 0.164. The number of hydrogen-bond donors (Lipinski definition) is 2. The number of nitrogens with zero attached hydrogens (tertiary/aromatic N) is 3. The molecular weight excluding hydrogens is 320 g/mol. The fraction of sp³-hybridized carbons (Fsp3) is 0.167. The highest BCUT2D eigenvalue weighted by atomic mass is 16.4. The maximum Gasteiger partial charge on any atom is 0.335 e. The highest BCUT2D eigenvalue weighted by Gasteiger charge is 2.12. The number of aromatic nitrogens is 3. The van der Waals surface area contributed by atoms with Gasteiger partial charge in [-0.2, -0.15) is 4.98 Å². The van der Waals surface area contributed by atoms with Crippen LogP contribution in [0.2, 0.25) is 0 Å². The molecule has 7 heteroatoms. The molecule has 4 rings (SSSR count). The van der Waals surface area contributed by atoms with E-state index in [2.05, 4.69) is 9.97 Å². The predicted octanol–water partition coefficient (Wildman–Crippen LogP) is 2.85. The number of pyridine rings is 1. The Morgan fingerprint density at radius 3 is 2.88 bits per heavy atom. The van der Waals surface area contributed by atoms with E-state index in [9.17, 15) is 4.79 Å². The molecule has 3 aromatic heterocycles. The molecule has 0 unspecified atom stereocenters. The van der Waals surface area contributed by atoms with E-state index in [4.69, 9.17) is 15.3 Å². The lowest BCUT2D eigenvalue weighted by Crippen LogP contribution is -1.98. The van der Waals surface area contributed by atoms with E-state index in [-0.39, 0.29) is 11.6 Å². The van der Waals surface area contributed by atoms with E-state index in [0.717, 1.165) is 35.3 Å². The Balaban J connectivity index is 1.60. The topological polar surface area (TPSA) is 107 Å². The first-order chi connectivity index (χ1) is 12.0. The molecule has 0 saturated heterocycles. The Bertz CT molecular complexity index is 1110. The van der Waals surface area contributed by atoms with Crippen LogP contribution in [0.1, 0.15) is 27.3 Å². The minimum Gasteiger partial charge on any atom is -0.478 e. The van der Waals surface area contributed by atoms with E-state index in [1.165, 1.54) is 0 Å². The summed E-state index contributed by atoms with van der Waals surface area (Å²) in [6.45, 7) is 1.98. The number of nitrogens with two attached hydrogens (primary N) is 1. The Morgan fingerprint density at radius 1 is 1.24 bits per heavy atom. The molecule has 0 aliphatic carbocycles. The van der Waals surface area contributed by atoms with Crippen molar-refractivity contribution in [3.8, 4) is 0 Å². The molecule has 7 nitrogen and oxygen atoms in total. The van der Waals surface area contributed by atoms with Crippen molar-refractivity contribution in [1.82, 2.24) is 14.4 Å². The standard InChI is InChI=1S/C18H16N4O3/c1-10-13(20-16-9-12(17(23)24)6-7-22(10)16)4-2-11-3-5-14-15(8-11)25-18(19)21-14/h3,5-9H,2,4H2,1H3,(H2,19,21)(H,23,24). The number of aromatic carboxylic acids is 1. The number of aryl methyl sites for hydroxylation is 3. The largest absolute Gasteiger partial charge is 0.478 e. The van der Waals surface area contributed by atoms with Gasteiger partial charge in [0.1, 0.15) is 11.2 Å². The summed E-state index contributed by atoms with van der Waals surface area (Å²) in [5.41, 5.74) is 10.9. The number of rotatable bonds is 4. The molecule has 0 saturated carbocycles. The zero-order chi connectivity index (χ0) is 17.6. The second-order valence-corrected chi connectivity index (χ2v) is 5.95. The van der Waals surface area contributed by atoms with Crippen molar-refractivity contribution < 1.29 is 14.3 Å². The van der Waals surface area contributed by atoms with Crippen molar-refractivity contribution in [3.63, 3.8) is 0 Å². The third kappa shape index (κ3) is 2.69. The zero-order valence-corrected chi connectivity index (χ0v) is 13.6. The third-order valence-corrected chi connectivity index (χ3v) is 4.33. The van der Waals surface area contributed by atoms with Gasteiger partial charge in [-0.1, -0.05) is 6.07 Å². The molecule has 3 heterocycles. The van der Waals surface area contributed by atoms with Crippen LogP contribution in [0.25, 0.3) is 16.7 Å². The molecule has 0 atom stereocenters. The Hall–Kier alpha value is -3.35. The average molecular weight is 336 g/mol. The summed E-state index contributed by atoms with van der Waals surface area (Å²) in [6, 6.07) is 9.15. The van der Waals surface area contributed by atoms with Crippen LogP contribution in [0, 0.1) is 6.92 Å². The van der Waals surface area contributed by atoms with Crippen molar-refractivity contribution in [2.24, 2.45) is 0 Å². The van der Waals surface area contributed by atoms with Crippen molar-refractivity contribution in [2.45, 2.75) is 19.8 Å². The summed E-state index contributed by atoms with van der Waals surface area (Å²) in [5, 5.41) is 9.10. The molecular formula is C18H16N4O3. The number of nitrogen functional groups attached to an aromatic ring is 1. The first kappa shape index (κ1) is 15.2. The molecule has 0 bridgehead atoms. The predicted molar refractivity (Wildman–Crippen MR) is 92.7 cm³/mol. The highest BCUT2D eigenvalue weighted by Crippen LogP contribution is 2.20. The summed E-state index contributed by atoms with van der Waals surface area (Å²) in [7, 11) is 0. The van der Waals surface area contributed by atoms with Crippen molar-refractivity contribution in [2.75, 3.05) is 5.73 Å². The summed E-state index contributed by atoms with van der Waals surface area (Å²) in [4.78, 5) is 19.8. The van der Waals surface area contributed by atoms with Gasteiger partial charge in [0.25, 0.3) is 6.01 Å². The summed E-state index contributed by atoms with van der Waals surface area (Å²) >= 11 is 0. The monoisotopic (exact) mass is 336 g/mol. The quantitative estimate of drug-likeness (QED) is 0.593. The number of anilines is 1. The third-order valence-electron chi connectivity index (χ3n) is 4.33. The van der Waals surface area contributed by atoms with Gasteiger partial charge in [-0.25, -0.2) is 9.78 Å². The van der Waals surface area contributed by atoms with Crippen LogP contribution >= 0.6 is 0 Å². The van der Waals surface area contributed by atoms with Gasteiger partial charge in [0.05, 0.1) is 11.3 Å². The lowest BCUT2D eigenvalue weighted by molar-refractivity contribution is 0.0697. The number of fused-ring (bicyclic) bond motifs is 2. The molecule has 0 aliphatic heterocycles. The normalized spacial score (nSPS) is 11.4. The zero-order valence-electron chi connectivity index (χ0n) is 13.6. The number of carbonyl (C=O) groups is 1. The van der Waals surface area contributed by atoms with Gasteiger partial charge in [0, 0.05) is 11.9 Å². The Kier molecular flexibility index (Phi) is 3.42. The minimum atomic E-state index is -0.954. The van der Waals surface area contributed by atoms with Crippen LogP contribution in [-0.2, 0) is 12.8 Å². The number of hydrogen-bond acceptors (Lipinski definition) is 5. The number of oxazole rings is 1. The van der Waals surface area contributed by atoms with Gasteiger partial charge < -0.3 is 19.7 Å². The summed E-state index contributed by atoms with van der Waals surface area (Å²) in [6.07, 6.45) is 3.27.